The molecule has 0 saturated carbocycles. The highest BCUT2D eigenvalue weighted by Gasteiger charge is 2.27. The Morgan fingerprint density at radius 1 is 1.00 bits per heavy atom. The van der Waals surface area contributed by atoms with Gasteiger partial charge in [-0.25, -0.2) is 4.98 Å². The van der Waals surface area contributed by atoms with E-state index in [2.05, 4.69) is 39.6 Å². The first-order valence-electron chi connectivity index (χ1n) is 10.2. The van der Waals surface area contributed by atoms with Gasteiger partial charge in [0, 0.05) is 15.5 Å². The van der Waals surface area contributed by atoms with Gasteiger partial charge in [0.25, 0.3) is 0 Å². The van der Waals surface area contributed by atoms with Gasteiger partial charge in [0.1, 0.15) is 5.82 Å². The SMILES string of the molecule is Cc1ccc(NCc2nc(SCC(=O)N3c4ccccc4Sc4ccccc43)n[nH]2)cc1. The maximum Gasteiger partial charge on any atom is 0.242 e. The number of benzene rings is 3. The fourth-order valence-electron chi connectivity index (χ4n) is 3.44. The van der Waals surface area contributed by atoms with E-state index in [4.69, 9.17) is 0 Å². The second kappa shape index (κ2) is 9.10. The maximum atomic E-state index is 13.3. The molecule has 3 aromatic carbocycles. The Balaban J connectivity index is 1.25. The molecule has 8 heteroatoms. The molecule has 1 aliphatic heterocycles. The van der Waals surface area contributed by atoms with Crippen molar-refractivity contribution in [2.45, 2.75) is 28.4 Å². The van der Waals surface area contributed by atoms with E-state index < -0.39 is 0 Å². The van der Waals surface area contributed by atoms with Crippen molar-refractivity contribution in [3.63, 3.8) is 0 Å². The van der Waals surface area contributed by atoms with Gasteiger partial charge in [0.05, 0.1) is 23.7 Å². The summed E-state index contributed by atoms with van der Waals surface area (Å²) in [6, 6.07) is 24.2. The zero-order valence-corrected chi connectivity index (χ0v) is 19.0. The largest absolute Gasteiger partial charge is 0.378 e. The first-order chi connectivity index (χ1) is 15.7. The highest BCUT2D eigenvalue weighted by molar-refractivity contribution is 8.00. The average Bonchev–Trinajstić information content (AvgIpc) is 3.28. The number of nitrogens with one attached hydrogen (secondary N) is 2. The Kier molecular flexibility index (Phi) is 5.87. The Labute approximate surface area is 194 Å². The molecule has 0 bridgehead atoms. The number of amides is 1. The zero-order valence-electron chi connectivity index (χ0n) is 17.4. The number of fused-ring (bicyclic) bond motifs is 2. The van der Waals surface area contributed by atoms with Crippen molar-refractivity contribution >= 4 is 46.5 Å². The monoisotopic (exact) mass is 459 g/mol. The van der Waals surface area contributed by atoms with E-state index in [1.54, 1.807) is 16.7 Å². The molecule has 0 radical (unpaired) electrons. The molecule has 0 spiro atoms. The topological polar surface area (TPSA) is 73.9 Å². The lowest BCUT2D eigenvalue weighted by Gasteiger charge is -2.30. The van der Waals surface area contributed by atoms with Crippen LogP contribution < -0.4 is 10.2 Å². The van der Waals surface area contributed by atoms with E-state index in [0.29, 0.717) is 11.7 Å². The normalized spacial score (nSPS) is 12.2. The lowest BCUT2D eigenvalue weighted by atomic mass is 10.2. The molecule has 6 nitrogen and oxygen atoms in total. The predicted octanol–water partition coefficient (Wildman–Crippen LogP) is 5.65. The van der Waals surface area contributed by atoms with Gasteiger partial charge in [0.15, 0.2) is 0 Å². The molecule has 5 rings (SSSR count). The number of aromatic nitrogens is 3. The number of rotatable bonds is 6. The van der Waals surface area contributed by atoms with Gasteiger partial charge >= 0.3 is 0 Å². The fraction of sp³-hybridized carbons (Fsp3) is 0.125. The molecule has 0 unspecified atom stereocenters. The number of H-pyrrole nitrogens is 1. The number of aryl methyl sites for hydroxylation is 1. The third-order valence-corrected chi connectivity index (χ3v) is 6.99. The Bertz CT molecular complexity index is 1210. The van der Waals surface area contributed by atoms with Crippen molar-refractivity contribution in [3.05, 3.63) is 84.2 Å². The molecule has 2 N–H and O–H groups in total. The van der Waals surface area contributed by atoms with Crippen LogP contribution in [-0.2, 0) is 11.3 Å². The average molecular weight is 460 g/mol. The summed E-state index contributed by atoms with van der Waals surface area (Å²) in [4.78, 5) is 21.7. The third kappa shape index (κ3) is 4.37. The van der Waals surface area contributed by atoms with E-state index in [9.17, 15) is 4.79 Å². The lowest BCUT2D eigenvalue weighted by molar-refractivity contribution is -0.115. The van der Waals surface area contributed by atoms with Crippen LogP contribution in [0.4, 0.5) is 17.1 Å². The van der Waals surface area contributed by atoms with Gasteiger partial charge in [-0.1, -0.05) is 65.5 Å². The van der Waals surface area contributed by atoms with Gasteiger partial charge in [-0.3, -0.25) is 14.8 Å². The molecule has 0 atom stereocenters. The van der Waals surface area contributed by atoms with E-state index in [1.807, 2.05) is 60.7 Å². The minimum absolute atomic E-state index is 0.000620. The first-order valence-corrected chi connectivity index (χ1v) is 12.0. The fourth-order valence-corrected chi connectivity index (χ4v) is 5.17. The highest BCUT2D eigenvalue weighted by Crippen LogP contribution is 2.48. The molecule has 32 heavy (non-hydrogen) atoms. The molecule has 160 valence electrons. The molecule has 1 aromatic heterocycles. The van der Waals surface area contributed by atoms with Crippen LogP contribution in [0.5, 0.6) is 0 Å². The van der Waals surface area contributed by atoms with Gasteiger partial charge in [-0.2, -0.15) is 0 Å². The number of aromatic amines is 1. The summed E-state index contributed by atoms with van der Waals surface area (Å²) >= 11 is 3.03. The van der Waals surface area contributed by atoms with Crippen LogP contribution in [0.3, 0.4) is 0 Å². The third-order valence-electron chi connectivity index (χ3n) is 5.03. The van der Waals surface area contributed by atoms with Crippen molar-refractivity contribution in [2.24, 2.45) is 0 Å². The summed E-state index contributed by atoms with van der Waals surface area (Å²) in [5, 5.41) is 11.1. The number of carbonyl (C=O) groups excluding carboxylic acids is 1. The molecule has 0 saturated heterocycles. The van der Waals surface area contributed by atoms with Crippen LogP contribution in [0.15, 0.2) is 87.7 Å². The Morgan fingerprint density at radius 3 is 2.34 bits per heavy atom. The summed E-state index contributed by atoms with van der Waals surface area (Å²) in [7, 11) is 0. The van der Waals surface area contributed by atoms with Gasteiger partial charge in [-0.15, -0.1) is 5.10 Å². The lowest BCUT2D eigenvalue weighted by Crippen LogP contribution is -2.30. The second-order valence-electron chi connectivity index (χ2n) is 7.34. The smallest absolute Gasteiger partial charge is 0.242 e. The summed E-state index contributed by atoms with van der Waals surface area (Å²) < 4.78 is 0. The van der Waals surface area contributed by atoms with Crippen LogP contribution >= 0.6 is 23.5 Å². The van der Waals surface area contributed by atoms with Crippen LogP contribution in [-0.4, -0.2) is 26.8 Å². The van der Waals surface area contributed by atoms with E-state index in [0.717, 1.165) is 32.7 Å². The van der Waals surface area contributed by atoms with Crippen molar-refractivity contribution in [1.82, 2.24) is 15.2 Å². The molecule has 2 heterocycles. The van der Waals surface area contributed by atoms with Crippen LogP contribution in [0, 0.1) is 6.92 Å². The van der Waals surface area contributed by atoms with Crippen LogP contribution in [0.25, 0.3) is 0 Å². The van der Waals surface area contributed by atoms with Crippen LogP contribution in [0.1, 0.15) is 11.4 Å². The zero-order chi connectivity index (χ0) is 21.9. The number of carbonyl (C=O) groups is 1. The summed E-state index contributed by atoms with van der Waals surface area (Å²) in [5.74, 6) is 0.973. The first kappa shape index (κ1) is 20.7. The minimum atomic E-state index is -0.000620. The molecular formula is C24H21N5OS2. The number of anilines is 3. The number of para-hydroxylation sites is 2. The quantitative estimate of drug-likeness (QED) is 0.363. The molecule has 1 aliphatic rings. The van der Waals surface area contributed by atoms with Crippen molar-refractivity contribution in [2.75, 3.05) is 16.0 Å². The molecular weight excluding hydrogens is 438 g/mol. The Hall–Kier alpha value is -3.23. The standard InChI is InChI=1S/C24H21N5OS2/c1-16-10-12-17(13-11-16)25-14-22-26-24(28-27-22)31-15-23(30)29-18-6-2-4-8-20(18)32-21-9-5-3-7-19(21)29/h2-13,25H,14-15H2,1H3,(H,26,27,28). The number of hydrogen-bond donors (Lipinski definition) is 2. The second-order valence-corrected chi connectivity index (χ2v) is 9.37. The molecule has 0 fully saturated rings. The van der Waals surface area contributed by atoms with Crippen molar-refractivity contribution in [3.8, 4) is 0 Å². The number of hydrogen-bond acceptors (Lipinski definition) is 6. The van der Waals surface area contributed by atoms with Crippen LogP contribution in [0.2, 0.25) is 0 Å². The predicted molar refractivity (Wildman–Crippen MR) is 130 cm³/mol. The summed E-state index contributed by atoms with van der Waals surface area (Å²) in [5.41, 5.74) is 4.08. The highest BCUT2D eigenvalue weighted by atomic mass is 32.2. The number of nitrogens with zero attached hydrogens (tertiary/aromatic N) is 3. The molecule has 4 aromatic rings. The van der Waals surface area contributed by atoms with Gasteiger partial charge in [-0.05, 0) is 43.3 Å². The molecule has 0 aliphatic carbocycles. The number of thioether (sulfide) groups is 1. The van der Waals surface area contributed by atoms with E-state index >= 15 is 0 Å². The van der Waals surface area contributed by atoms with E-state index in [-0.39, 0.29) is 11.7 Å². The minimum Gasteiger partial charge on any atom is -0.378 e. The van der Waals surface area contributed by atoms with Crippen molar-refractivity contribution in [1.29, 1.82) is 0 Å². The van der Waals surface area contributed by atoms with Gasteiger partial charge < -0.3 is 5.32 Å². The maximum absolute atomic E-state index is 13.3. The Morgan fingerprint density at radius 2 is 1.66 bits per heavy atom. The summed E-state index contributed by atoms with van der Waals surface area (Å²) in [6.45, 7) is 2.60. The van der Waals surface area contributed by atoms with Crippen molar-refractivity contribution < 1.29 is 4.79 Å². The summed E-state index contributed by atoms with van der Waals surface area (Å²) in [6.07, 6.45) is 0. The van der Waals surface area contributed by atoms with E-state index in [1.165, 1.54) is 17.3 Å². The van der Waals surface area contributed by atoms with Gasteiger partial charge in [0.2, 0.25) is 11.1 Å². The molecule has 1 amide bonds.